The molecule has 1 fully saturated rings. The predicted octanol–water partition coefficient (Wildman–Crippen LogP) is 2.94. The second-order valence-corrected chi connectivity index (χ2v) is 6.00. The molecular weight excluding hydrogens is 304 g/mol. The predicted molar refractivity (Wildman–Crippen MR) is 79.3 cm³/mol. The molecule has 0 spiro atoms. The van der Waals surface area contributed by atoms with Crippen molar-refractivity contribution in [1.82, 2.24) is 10.1 Å². The minimum atomic E-state index is -0.984. The van der Waals surface area contributed by atoms with Gasteiger partial charge in [-0.25, -0.2) is 8.78 Å². The van der Waals surface area contributed by atoms with E-state index in [1.54, 1.807) is 0 Å². The minimum Gasteiger partial charge on any atom is -0.359 e. The van der Waals surface area contributed by atoms with Crippen LogP contribution in [-0.4, -0.2) is 23.1 Å². The lowest BCUT2D eigenvalue weighted by molar-refractivity contribution is -0.793. The molecule has 0 atom stereocenters. The van der Waals surface area contributed by atoms with Gasteiger partial charge in [-0.05, 0) is 55.5 Å². The van der Waals surface area contributed by atoms with Gasteiger partial charge >= 0.3 is 0 Å². The Morgan fingerprint density at radius 3 is 2.57 bits per heavy atom. The van der Waals surface area contributed by atoms with Gasteiger partial charge in [0.05, 0.1) is 6.54 Å². The first-order chi connectivity index (χ1) is 11.1. The van der Waals surface area contributed by atoms with Crippen LogP contribution >= 0.6 is 0 Å². The van der Waals surface area contributed by atoms with E-state index in [1.165, 1.54) is 25.8 Å². The topological polar surface area (TPSA) is 56.2 Å². The molecule has 1 aliphatic heterocycles. The van der Waals surface area contributed by atoms with E-state index in [0.29, 0.717) is 12.2 Å². The van der Waals surface area contributed by atoms with Gasteiger partial charge in [0.1, 0.15) is 0 Å². The fraction of sp³-hybridized carbons (Fsp3) is 0.500. The summed E-state index contributed by atoms with van der Waals surface area (Å²) >= 11 is 0. The Labute approximate surface area is 133 Å². The molecule has 0 N–H and O–H groups in total. The average molecular weight is 323 g/mol. The number of aromatic nitrogens is 2. The number of rotatable bonds is 3. The standard InChI is InChI=1S/C16H19F2N3O2/c1-11-8-12(9-13(17)15(11)18)16-14(19-23-21(16)22)10-20-6-4-2-3-5-7-20/h8-9H,2-7,10H2,1H3. The highest BCUT2D eigenvalue weighted by Gasteiger charge is 2.25. The molecule has 0 amide bonds. The molecule has 0 saturated carbocycles. The third kappa shape index (κ3) is 3.34. The summed E-state index contributed by atoms with van der Waals surface area (Å²) in [4.78, 5) is 2.47. The summed E-state index contributed by atoms with van der Waals surface area (Å²) < 4.78 is 31.8. The van der Waals surface area contributed by atoms with Crippen LogP contribution < -0.4 is 4.90 Å². The number of nitrogens with zero attached hydrogens (tertiary/aromatic N) is 3. The lowest BCUT2D eigenvalue weighted by atomic mass is 10.1. The molecule has 124 valence electrons. The van der Waals surface area contributed by atoms with Gasteiger partial charge in [0.2, 0.25) is 11.4 Å². The summed E-state index contributed by atoms with van der Waals surface area (Å²) in [6.45, 7) is 3.79. The Bertz CT molecular complexity index is 672. The molecule has 0 aliphatic carbocycles. The van der Waals surface area contributed by atoms with E-state index in [9.17, 15) is 14.0 Å². The first kappa shape index (κ1) is 15.9. The maximum Gasteiger partial charge on any atom is 0.240 e. The van der Waals surface area contributed by atoms with Gasteiger partial charge in [0.15, 0.2) is 11.6 Å². The summed E-state index contributed by atoms with van der Waals surface area (Å²) in [6, 6.07) is 2.44. The van der Waals surface area contributed by atoms with Crippen molar-refractivity contribution in [2.45, 2.75) is 39.2 Å². The number of halogens is 2. The molecular formula is C16H19F2N3O2. The average Bonchev–Trinajstić information content (AvgIpc) is 2.72. The number of aryl methyl sites for hydroxylation is 1. The molecule has 2 heterocycles. The summed E-state index contributed by atoms with van der Waals surface area (Å²) in [5.74, 6) is -1.89. The highest BCUT2D eigenvalue weighted by atomic mass is 19.2. The van der Waals surface area contributed by atoms with Crippen LogP contribution in [0.4, 0.5) is 8.78 Å². The van der Waals surface area contributed by atoms with E-state index >= 15 is 0 Å². The highest BCUT2D eigenvalue weighted by molar-refractivity contribution is 5.59. The van der Waals surface area contributed by atoms with Crippen LogP contribution in [0.2, 0.25) is 0 Å². The summed E-state index contributed by atoms with van der Waals surface area (Å²) in [5, 5.41) is 15.7. The van der Waals surface area contributed by atoms with E-state index in [0.717, 1.165) is 32.0 Å². The van der Waals surface area contributed by atoms with Gasteiger partial charge in [-0.2, -0.15) is 0 Å². The van der Waals surface area contributed by atoms with E-state index in [2.05, 4.69) is 10.1 Å². The molecule has 0 radical (unpaired) electrons. The van der Waals surface area contributed by atoms with Gasteiger partial charge in [0, 0.05) is 10.7 Å². The van der Waals surface area contributed by atoms with E-state index in [1.807, 2.05) is 0 Å². The van der Waals surface area contributed by atoms with Crippen molar-refractivity contribution in [3.63, 3.8) is 0 Å². The fourth-order valence-electron chi connectivity index (χ4n) is 3.02. The van der Waals surface area contributed by atoms with Crippen molar-refractivity contribution in [2.75, 3.05) is 13.1 Å². The molecule has 5 nitrogen and oxygen atoms in total. The van der Waals surface area contributed by atoms with Gasteiger partial charge in [0.25, 0.3) is 0 Å². The third-order valence-corrected chi connectivity index (χ3v) is 4.24. The maximum absolute atomic E-state index is 13.7. The van der Waals surface area contributed by atoms with E-state index < -0.39 is 11.6 Å². The number of hydrogen-bond donors (Lipinski definition) is 0. The van der Waals surface area contributed by atoms with Crippen molar-refractivity contribution in [1.29, 1.82) is 0 Å². The summed E-state index contributed by atoms with van der Waals surface area (Å²) in [6.07, 6.45) is 4.61. The number of benzene rings is 1. The monoisotopic (exact) mass is 323 g/mol. The van der Waals surface area contributed by atoms with E-state index in [4.69, 9.17) is 4.63 Å². The van der Waals surface area contributed by atoms with Crippen LogP contribution in [0.25, 0.3) is 11.3 Å². The van der Waals surface area contributed by atoms with Crippen LogP contribution in [0.5, 0.6) is 0 Å². The highest BCUT2D eigenvalue weighted by Crippen LogP contribution is 2.25. The molecule has 23 heavy (non-hydrogen) atoms. The molecule has 1 saturated heterocycles. The second-order valence-electron chi connectivity index (χ2n) is 6.00. The Balaban J connectivity index is 1.92. The van der Waals surface area contributed by atoms with Gasteiger partial charge < -0.3 is 5.21 Å². The van der Waals surface area contributed by atoms with Gasteiger partial charge in [-0.15, -0.1) is 0 Å². The van der Waals surface area contributed by atoms with E-state index in [-0.39, 0.29) is 21.7 Å². The lowest BCUT2D eigenvalue weighted by Gasteiger charge is -2.16. The third-order valence-electron chi connectivity index (χ3n) is 4.24. The van der Waals surface area contributed by atoms with Crippen molar-refractivity contribution < 1.29 is 18.3 Å². The molecule has 0 unspecified atom stereocenters. The number of hydrogen-bond acceptors (Lipinski definition) is 4. The first-order valence-corrected chi connectivity index (χ1v) is 7.83. The quantitative estimate of drug-likeness (QED) is 0.815. The molecule has 1 aromatic heterocycles. The Hall–Kier alpha value is -2.02. The first-order valence-electron chi connectivity index (χ1n) is 7.83. The molecule has 1 aromatic carbocycles. The van der Waals surface area contributed by atoms with Crippen LogP contribution in [0.1, 0.15) is 36.9 Å². The summed E-state index contributed by atoms with van der Waals surface area (Å²) in [5.41, 5.74) is 1.02. The lowest BCUT2D eigenvalue weighted by Crippen LogP contribution is -2.28. The summed E-state index contributed by atoms with van der Waals surface area (Å²) in [7, 11) is 0. The molecule has 2 aromatic rings. The van der Waals surface area contributed by atoms with Crippen molar-refractivity contribution >= 4 is 0 Å². The van der Waals surface area contributed by atoms with Crippen molar-refractivity contribution in [3.05, 3.63) is 40.2 Å². The Morgan fingerprint density at radius 2 is 1.91 bits per heavy atom. The molecule has 3 rings (SSSR count). The van der Waals surface area contributed by atoms with Crippen molar-refractivity contribution in [3.8, 4) is 11.3 Å². The van der Waals surface area contributed by atoms with Gasteiger partial charge in [-0.1, -0.05) is 12.8 Å². The second kappa shape index (κ2) is 6.62. The minimum absolute atomic E-state index is 0.141. The smallest absolute Gasteiger partial charge is 0.240 e. The SMILES string of the molecule is Cc1cc(-c2c(CN3CCCCCC3)no[n+]2[O-])cc(F)c1F. The zero-order valence-corrected chi connectivity index (χ0v) is 13.0. The number of likely N-dealkylation sites (tertiary alicyclic amines) is 1. The van der Waals surface area contributed by atoms with Crippen LogP contribution in [-0.2, 0) is 6.54 Å². The Kier molecular flexibility index (Phi) is 4.56. The van der Waals surface area contributed by atoms with Crippen LogP contribution in [0.15, 0.2) is 16.8 Å². The zero-order chi connectivity index (χ0) is 16.4. The Morgan fingerprint density at radius 1 is 1.22 bits per heavy atom. The molecule has 1 aliphatic rings. The van der Waals surface area contributed by atoms with Gasteiger partial charge in [-0.3, -0.25) is 9.53 Å². The normalized spacial score (nSPS) is 16.5. The molecule has 0 bridgehead atoms. The zero-order valence-electron chi connectivity index (χ0n) is 13.0. The van der Waals surface area contributed by atoms with Crippen molar-refractivity contribution in [2.24, 2.45) is 0 Å². The largest absolute Gasteiger partial charge is 0.359 e. The maximum atomic E-state index is 13.7. The molecule has 7 heteroatoms. The van der Waals surface area contributed by atoms with Crippen LogP contribution in [0, 0.1) is 23.8 Å². The van der Waals surface area contributed by atoms with Crippen LogP contribution in [0.3, 0.4) is 0 Å². The fourth-order valence-corrected chi connectivity index (χ4v) is 3.02.